The van der Waals surface area contributed by atoms with Gasteiger partial charge in [-0.15, -0.1) is 0 Å². The topological polar surface area (TPSA) is 12.5 Å². The van der Waals surface area contributed by atoms with Gasteiger partial charge >= 0.3 is 0 Å². The highest BCUT2D eigenvalue weighted by molar-refractivity contribution is 9.10. The van der Waals surface area contributed by atoms with E-state index < -0.39 is 8.32 Å². The van der Waals surface area contributed by atoms with E-state index in [1.54, 1.807) is 0 Å². The van der Waals surface area contributed by atoms with Gasteiger partial charge in [0.1, 0.15) is 0 Å². The molecule has 2 nitrogen and oxygen atoms in total. The van der Waals surface area contributed by atoms with Gasteiger partial charge in [0.25, 0.3) is 0 Å². The van der Waals surface area contributed by atoms with Gasteiger partial charge in [-0.05, 0) is 50.7 Å². The molecule has 4 heteroatoms. The van der Waals surface area contributed by atoms with Gasteiger partial charge in [0.05, 0.1) is 0 Å². The Morgan fingerprint density at radius 1 is 1.33 bits per heavy atom. The summed E-state index contributed by atoms with van der Waals surface area (Å²) < 4.78 is 6.98. The Morgan fingerprint density at radius 3 is 2.67 bits per heavy atom. The minimum atomic E-state index is -1.42. The summed E-state index contributed by atoms with van der Waals surface area (Å²) in [5.41, 5.74) is 1.26. The maximum absolute atomic E-state index is 5.85. The number of rotatable bonds is 7. The maximum atomic E-state index is 5.85. The number of halogens is 1. The lowest BCUT2D eigenvalue weighted by Gasteiger charge is -2.24. The van der Waals surface area contributed by atoms with E-state index in [4.69, 9.17) is 4.43 Å². The predicted octanol–water partition coefficient (Wildman–Crippen LogP) is 4.52. The van der Waals surface area contributed by atoms with Crippen molar-refractivity contribution in [1.29, 1.82) is 0 Å². The van der Waals surface area contributed by atoms with Gasteiger partial charge in [-0.3, -0.25) is 0 Å². The summed E-state index contributed by atoms with van der Waals surface area (Å²) >= 11 is 3.51. The number of nitrogens with zero attached hydrogens (tertiary/aromatic N) is 1. The molecule has 1 rings (SSSR count). The Morgan fingerprint density at radius 2 is 2.06 bits per heavy atom. The molecule has 0 bridgehead atoms. The van der Waals surface area contributed by atoms with E-state index in [1.165, 1.54) is 18.2 Å². The molecule has 0 aliphatic carbocycles. The van der Waals surface area contributed by atoms with Crippen molar-refractivity contribution >= 4 is 29.9 Å². The molecule has 0 unspecified atom stereocenters. The van der Waals surface area contributed by atoms with Crippen molar-refractivity contribution in [3.63, 3.8) is 0 Å². The smallest absolute Gasteiger partial charge is 0.186 e. The standard InChI is InChI=1S/C14H24BrNOSi/c1-5-17-18(3,4)11-7-10-16(2)14-9-6-8-13(15)12-14/h6,8-9,12H,5,7,10-11H2,1-4H3. The van der Waals surface area contributed by atoms with Crippen LogP contribution in [0.2, 0.25) is 19.1 Å². The Kier molecular flexibility index (Phi) is 6.39. The average molecular weight is 330 g/mol. The highest BCUT2D eigenvalue weighted by Gasteiger charge is 2.21. The molecule has 0 fully saturated rings. The molecule has 0 saturated carbocycles. The van der Waals surface area contributed by atoms with Crippen LogP contribution < -0.4 is 4.90 Å². The summed E-state index contributed by atoms with van der Waals surface area (Å²) in [6.45, 7) is 8.62. The SMILES string of the molecule is CCO[Si](C)(C)CCCN(C)c1cccc(Br)c1. The Bertz CT molecular complexity index is 371. The van der Waals surface area contributed by atoms with E-state index in [2.05, 4.69) is 72.2 Å². The van der Waals surface area contributed by atoms with Crippen molar-refractivity contribution in [2.75, 3.05) is 25.1 Å². The zero-order valence-corrected chi connectivity index (χ0v) is 14.5. The van der Waals surface area contributed by atoms with Gasteiger partial charge in [-0.25, -0.2) is 0 Å². The molecule has 1 aromatic rings. The first-order valence-electron chi connectivity index (χ1n) is 6.55. The average Bonchev–Trinajstić information content (AvgIpc) is 2.28. The van der Waals surface area contributed by atoms with Crippen LogP contribution in [0.1, 0.15) is 13.3 Å². The lowest BCUT2D eigenvalue weighted by molar-refractivity contribution is 0.328. The summed E-state index contributed by atoms with van der Waals surface area (Å²) in [4.78, 5) is 2.31. The zero-order chi connectivity index (χ0) is 13.6. The van der Waals surface area contributed by atoms with E-state index in [-0.39, 0.29) is 0 Å². The highest BCUT2D eigenvalue weighted by Crippen LogP contribution is 2.20. The normalized spacial score (nSPS) is 11.6. The third kappa shape index (κ3) is 5.55. The fourth-order valence-corrected chi connectivity index (χ4v) is 4.37. The van der Waals surface area contributed by atoms with Crippen molar-refractivity contribution in [1.82, 2.24) is 0 Å². The number of hydrogen-bond acceptors (Lipinski definition) is 2. The van der Waals surface area contributed by atoms with Crippen LogP contribution in [-0.4, -0.2) is 28.5 Å². The van der Waals surface area contributed by atoms with Crippen LogP contribution in [0.15, 0.2) is 28.7 Å². The minimum Gasteiger partial charge on any atom is -0.418 e. The van der Waals surface area contributed by atoms with Crippen LogP contribution in [0.25, 0.3) is 0 Å². The maximum Gasteiger partial charge on any atom is 0.186 e. The lowest BCUT2D eigenvalue weighted by atomic mass is 10.3. The molecule has 0 heterocycles. The van der Waals surface area contributed by atoms with Gasteiger partial charge in [-0.1, -0.05) is 22.0 Å². The van der Waals surface area contributed by atoms with Crippen molar-refractivity contribution in [3.05, 3.63) is 28.7 Å². The van der Waals surface area contributed by atoms with Gasteiger partial charge in [-0.2, -0.15) is 0 Å². The largest absolute Gasteiger partial charge is 0.418 e. The molecular formula is C14H24BrNOSi. The van der Waals surface area contributed by atoms with Gasteiger partial charge < -0.3 is 9.33 Å². The fraction of sp³-hybridized carbons (Fsp3) is 0.571. The molecular weight excluding hydrogens is 306 g/mol. The van der Waals surface area contributed by atoms with Gasteiger partial charge in [0.15, 0.2) is 8.32 Å². The third-order valence-corrected chi connectivity index (χ3v) is 6.18. The van der Waals surface area contributed by atoms with Gasteiger partial charge in [0.2, 0.25) is 0 Å². The second-order valence-electron chi connectivity index (χ2n) is 5.20. The third-order valence-electron chi connectivity index (χ3n) is 3.06. The Labute approximate surface area is 121 Å². The summed E-state index contributed by atoms with van der Waals surface area (Å²) in [5.74, 6) is 0. The van der Waals surface area contributed by atoms with E-state index in [1.807, 2.05) is 0 Å². The summed E-state index contributed by atoms with van der Waals surface area (Å²) in [7, 11) is 0.732. The van der Waals surface area contributed by atoms with Crippen molar-refractivity contribution in [2.24, 2.45) is 0 Å². The summed E-state index contributed by atoms with van der Waals surface area (Å²) in [5, 5.41) is 0. The van der Waals surface area contributed by atoms with Crippen LogP contribution in [0, 0.1) is 0 Å². The molecule has 0 atom stereocenters. The fourth-order valence-electron chi connectivity index (χ4n) is 2.05. The molecule has 0 spiro atoms. The second-order valence-corrected chi connectivity index (χ2v) is 10.4. The number of hydrogen-bond donors (Lipinski definition) is 0. The van der Waals surface area contributed by atoms with E-state index in [0.717, 1.165) is 17.6 Å². The van der Waals surface area contributed by atoms with Crippen LogP contribution in [-0.2, 0) is 4.43 Å². The monoisotopic (exact) mass is 329 g/mol. The predicted molar refractivity (Wildman–Crippen MR) is 85.9 cm³/mol. The summed E-state index contributed by atoms with van der Waals surface area (Å²) in [6, 6.07) is 9.66. The van der Waals surface area contributed by atoms with E-state index >= 15 is 0 Å². The molecule has 102 valence electrons. The van der Waals surface area contributed by atoms with E-state index in [0.29, 0.717) is 0 Å². The lowest BCUT2D eigenvalue weighted by Crippen LogP contribution is -2.31. The molecule has 0 radical (unpaired) electrons. The first-order valence-corrected chi connectivity index (χ1v) is 10.5. The first kappa shape index (κ1) is 15.7. The Balaban J connectivity index is 2.40. The molecule has 0 N–H and O–H groups in total. The molecule has 0 aliphatic rings. The van der Waals surface area contributed by atoms with Crippen molar-refractivity contribution in [3.8, 4) is 0 Å². The van der Waals surface area contributed by atoms with E-state index in [9.17, 15) is 0 Å². The highest BCUT2D eigenvalue weighted by atomic mass is 79.9. The van der Waals surface area contributed by atoms with Crippen LogP contribution >= 0.6 is 15.9 Å². The van der Waals surface area contributed by atoms with Crippen molar-refractivity contribution in [2.45, 2.75) is 32.5 Å². The quantitative estimate of drug-likeness (QED) is 0.682. The van der Waals surface area contributed by atoms with Crippen LogP contribution in [0.3, 0.4) is 0 Å². The molecule has 0 aliphatic heterocycles. The number of anilines is 1. The van der Waals surface area contributed by atoms with Crippen LogP contribution in [0.4, 0.5) is 5.69 Å². The minimum absolute atomic E-state index is 0.848. The second kappa shape index (κ2) is 7.31. The molecule has 1 aromatic carbocycles. The molecule has 0 aromatic heterocycles. The van der Waals surface area contributed by atoms with Gasteiger partial charge in [0, 0.05) is 30.4 Å². The molecule has 18 heavy (non-hydrogen) atoms. The zero-order valence-electron chi connectivity index (χ0n) is 11.9. The summed E-state index contributed by atoms with van der Waals surface area (Å²) in [6.07, 6.45) is 1.20. The number of benzene rings is 1. The first-order chi connectivity index (χ1) is 8.44. The van der Waals surface area contributed by atoms with Crippen molar-refractivity contribution < 1.29 is 4.43 Å². The molecule has 0 amide bonds. The Hall–Kier alpha value is -0.323. The van der Waals surface area contributed by atoms with Crippen LogP contribution in [0.5, 0.6) is 0 Å². The molecule has 0 saturated heterocycles.